The number of carbonyl (C=O) groups excluding carboxylic acids is 3. The summed E-state index contributed by atoms with van der Waals surface area (Å²) in [7, 11) is 1.47. The van der Waals surface area contributed by atoms with Gasteiger partial charge in [0.25, 0.3) is 17.7 Å². The maximum absolute atomic E-state index is 12.9. The highest BCUT2D eigenvalue weighted by Crippen LogP contribution is 2.29. The molecule has 1 heterocycles. The number of nitrogens with one attached hydrogen (secondary N) is 3. The van der Waals surface area contributed by atoms with E-state index in [1.165, 1.54) is 13.3 Å². The van der Waals surface area contributed by atoms with E-state index >= 15 is 0 Å². The number of carbonyl (C=O) groups is 3. The second kappa shape index (κ2) is 11.0. The van der Waals surface area contributed by atoms with E-state index in [-0.39, 0.29) is 17.7 Å². The molecule has 4 rings (SSSR count). The summed E-state index contributed by atoms with van der Waals surface area (Å²) in [5.41, 5.74) is 3.60. The zero-order valence-corrected chi connectivity index (χ0v) is 19.7. The summed E-state index contributed by atoms with van der Waals surface area (Å²) in [6.45, 7) is 1.85. The largest absolute Gasteiger partial charge is 0.494 e. The van der Waals surface area contributed by atoms with Gasteiger partial charge in [-0.3, -0.25) is 19.4 Å². The van der Waals surface area contributed by atoms with Gasteiger partial charge < -0.3 is 20.7 Å². The van der Waals surface area contributed by atoms with Gasteiger partial charge in [0.1, 0.15) is 5.75 Å². The Kier molecular flexibility index (Phi) is 7.36. The normalized spacial score (nSPS) is 10.3. The van der Waals surface area contributed by atoms with Crippen molar-refractivity contribution in [1.82, 2.24) is 4.98 Å². The van der Waals surface area contributed by atoms with E-state index in [0.29, 0.717) is 39.5 Å². The van der Waals surface area contributed by atoms with Gasteiger partial charge in [0.05, 0.1) is 18.4 Å². The number of pyridine rings is 1. The number of methoxy groups -OCH3 is 1. The summed E-state index contributed by atoms with van der Waals surface area (Å²) in [5, 5.41) is 8.46. The van der Waals surface area contributed by atoms with Crippen LogP contribution in [0, 0.1) is 6.92 Å². The van der Waals surface area contributed by atoms with Crippen LogP contribution < -0.4 is 20.7 Å². The van der Waals surface area contributed by atoms with Crippen molar-refractivity contribution < 1.29 is 19.1 Å². The van der Waals surface area contributed by atoms with Crippen molar-refractivity contribution in [3.05, 3.63) is 114 Å². The molecule has 3 aromatic carbocycles. The molecule has 180 valence electrons. The first kappa shape index (κ1) is 24.2. The van der Waals surface area contributed by atoms with Gasteiger partial charge in [0, 0.05) is 41.0 Å². The number of hydrogen-bond acceptors (Lipinski definition) is 5. The van der Waals surface area contributed by atoms with Gasteiger partial charge in [-0.05, 0) is 61.0 Å². The molecule has 0 saturated heterocycles. The Balaban J connectivity index is 1.47. The van der Waals surface area contributed by atoms with Gasteiger partial charge in [-0.1, -0.05) is 24.3 Å². The number of amides is 3. The van der Waals surface area contributed by atoms with Crippen LogP contribution in [0.1, 0.15) is 36.6 Å². The molecule has 0 unspecified atom stereocenters. The third-order valence-electron chi connectivity index (χ3n) is 5.42. The smallest absolute Gasteiger partial charge is 0.257 e. The summed E-state index contributed by atoms with van der Waals surface area (Å²) in [6, 6.07) is 22.2. The maximum atomic E-state index is 12.9. The Hall–Kier alpha value is -4.98. The summed E-state index contributed by atoms with van der Waals surface area (Å²) >= 11 is 0. The molecule has 0 aliphatic carbocycles. The van der Waals surface area contributed by atoms with Crippen LogP contribution in [0.15, 0.2) is 91.3 Å². The van der Waals surface area contributed by atoms with E-state index in [0.717, 1.165) is 5.56 Å². The summed E-state index contributed by atoms with van der Waals surface area (Å²) in [5.74, 6) is -0.572. The minimum Gasteiger partial charge on any atom is -0.494 e. The van der Waals surface area contributed by atoms with Crippen molar-refractivity contribution in [2.24, 2.45) is 0 Å². The van der Waals surface area contributed by atoms with Gasteiger partial charge in [-0.15, -0.1) is 0 Å². The van der Waals surface area contributed by atoms with Gasteiger partial charge >= 0.3 is 0 Å². The lowest BCUT2D eigenvalue weighted by Gasteiger charge is -2.14. The molecule has 3 amide bonds. The molecular formula is C28H24N4O4. The Bertz CT molecular complexity index is 1410. The highest BCUT2D eigenvalue weighted by molar-refractivity contribution is 6.08. The minimum atomic E-state index is -0.362. The first-order valence-electron chi connectivity index (χ1n) is 11.1. The van der Waals surface area contributed by atoms with Crippen molar-refractivity contribution >= 4 is 34.8 Å². The molecule has 1 aromatic heterocycles. The third kappa shape index (κ3) is 5.74. The van der Waals surface area contributed by atoms with Crippen molar-refractivity contribution in [1.29, 1.82) is 0 Å². The first-order valence-corrected chi connectivity index (χ1v) is 11.1. The van der Waals surface area contributed by atoms with Crippen LogP contribution in [0.3, 0.4) is 0 Å². The maximum Gasteiger partial charge on any atom is 0.257 e. The molecule has 36 heavy (non-hydrogen) atoms. The number of rotatable bonds is 7. The van der Waals surface area contributed by atoms with Gasteiger partial charge in [-0.2, -0.15) is 0 Å². The van der Waals surface area contributed by atoms with E-state index in [1.54, 1.807) is 79.0 Å². The molecule has 4 aromatic rings. The van der Waals surface area contributed by atoms with Crippen LogP contribution in [0.25, 0.3) is 0 Å². The molecule has 0 bridgehead atoms. The molecule has 0 aliphatic heterocycles. The lowest BCUT2D eigenvalue weighted by atomic mass is 10.1. The van der Waals surface area contributed by atoms with Crippen molar-refractivity contribution in [3.8, 4) is 5.75 Å². The molecule has 0 fully saturated rings. The SMILES string of the molecule is COc1cc(NC(=O)c2ccc(C)c(NC(=O)c3ccccc3)c2)ccc1NC(=O)c1cccnc1. The number of nitrogens with zero attached hydrogens (tertiary/aromatic N) is 1. The Morgan fingerprint density at radius 1 is 0.694 bits per heavy atom. The fourth-order valence-electron chi connectivity index (χ4n) is 3.45. The lowest BCUT2D eigenvalue weighted by Crippen LogP contribution is -2.16. The highest BCUT2D eigenvalue weighted by Gasteiger charge is 2.14. The fraction of sp³-hybridized carbons (Fsp3) is 0.0714. The molecule has 0 spiro atoms. The number of aryl methyl sites for hydroxylation is 1. The second-order valence-corrected chi connectivity index (χ2v) is 7.91. The summed E-state index contributed by atoms with van der Waals surface area (Å²) in [6.07, 6.45) is 3.05. The van der Waals surface area contributed by atoms with E-state index in [4.69, 9.17) is 4.74 Å². The highest BCUT2D eigenvalue weighted by atomic mass is 16.5. The van der Waals surface area contributed by atoms with Gasteiger partial charge in [0.2, 0.25) is 0 Å². The van der Waals surface area contributed by atoms with Crippen LogP contribution in [0.4, 0.5) is 17.1 Å². The molecule has 0 saturated carbocycles. The quantitative estimate of drug-likeness (QED) is 0.339. The summed E-state index contributed by atoms with van der Waals surface area (Å²) < 4.78 is 5.40. The van der Waals surface area contributed by atoms with Crippen molar-refractivity contribution in [2.75, 3.05) is 23.1 Å². The number of hydrogen-bond donors (Lipinski definition) is 3. The van der Waals surface area contributed by atoms with Crippen molar-refractivity contribution in [2.45, 2.75) is 6.92 Å². The lowest BCUT2D eigenvalue weighted by molar-refractivity contribution is 0.101. The zero-order chi connectivity index (χ0) is 25.5. The average molecular weight is 481 g/mol. The predicted molar refractivity (Wildman–Crippen MR) is 139 cm³/mol. The summed E-state index contributed by atoms with van der Waals surface area (Å²) in [4.78, 5) is 41.9. The monoisotopic (exact) mass is 480 g/mol. The minimum absolute atomic E-state index is 0.259. The average Bonchev–Trinajstić information content (AvgIpc) is 2.91. The van der Waals surface area contributed by atoms with Crippen LogP contribution >= 0.6 is 0 Å². The van der Waals surface area contributed by atoms with E-state index in [9.17, 15) is 14.4 Å². The molecule has 8 heteroatoms. The molecule has 0 aliphatic rings. The second-order valence-electron chi connectivity index (χ2n) is 7.91. The Morgan fingerprint density at radius 2 is 1.39 bits per heavy atom. The van der Waals surface area contributed by atoms with E-state index in [2.05, 4.69) is 20.9 Å². The third-order valence-corrected chi connectivity index (χ3v) is 5.42. The molecular weight excluding hydrogens is 456 g/mol. The zero-order valence-electron chi connectivity index (χ0n) is 19.7. The Morgan fingerprint density at radius 3 is 2.11 bits per heavy atom. The van der Waals surface area contributed by atoms with E-state index < -0.39 is 0 Å². The van der Waals surface area contributed by atoms with Crippen LogP contribution in [-0.2, 0) is 0 Å². The molecule has 8 nitrogen and oxygen atoms in total. The molecule has 0 atom stereocenters. The van der Waals surface area contributed by atoms with Crippen LogP contribution in [0.2, 0.25) is 0 Å². The van der Waals surface area contributed by atoms with Gasteiger partial charge in [-0.25, -0.2) is 0 Å². The molecule has 0 radical (unpaired) electrons. The number of benzene rings is 3. The Labute approximate surface area is 208 Å². The van der Waals surface area contributed by atoms with E-state index in [1.807, 2.05) is 13.0 Å². The number of anilines is 3. The van der Waals surface area contributed by atoms with Crippen molar-refractivity contribution in [3.63, 3.8) is 0 Å². The number of ether oxygens (including phenoxy) is 1. The topological polar surface area (TPSA) is 109 Å². The van der Waals surface area contributed by atoms with Crippen LogP contribution in [0.5, 0.6) is 5.75 Å². The number of aromatic nitrogens is 1. The standard InChI is InChI=1S/C28H24N4O4/c1-18-10-11-20(15-24(18)32-26(33)19-7-4-3-5-8-19)27(34)30-22-12-13-23(25(16-22)36-2)31-28(35)21-9-6-14-29-17-21/h3-17H,1-2H3,(H,30,34)(H,31,35)(H,32,33). The first-order chi connectivity index (χ1) is 17.4. The van der Waals surface area contributed by atoms with Gasteiger partial charge in [0.15, 0.2) is 0 Å². The fourth-order valence-corrected chi connectivity index (χ4v) is 3.45. The van der Waals surface area contributed by atoms with Crippen LogP contribution in [-0.4, -0.2) is 29.8 Å². The molecule has 3 N–H and O–H groups in total. The predicted octanol–water partition coefficient (Wildman–Crippen LogP) is 5.16.